The highest BCUT2D eigenvalue weighted by Crippen LogP contribution is 2.08. The molecule has 11 heavy (non-hydrogen) atoms. The zero-order chi connectivity index (χ0) is 8.48. The van der Waals surface area contributed by atoms with Crippen LogP contribution in [0.2, 0.25) is 0 Å². The third kappa shape index (κ3) is 2.08. The summed E-state index contributed by atoms with van der Waals surface area (Å²) in [5, 5.41) is 2.78. The number of hydrogen-bond donors (Lipinski definition) is 2. The average Bonchev–Trinajstić information content (AvgIpc) is 2.08. The topological polar surface area (TPSA) is 42.8 Å². The van der Waals surface area contributed by atoms with E-state index in [1.54, 1.807) is 0 Å². The number of likely N-dealkylation sites (N-methyl/N-ethyl adjacent to an activating group) is 1. The smallest absolute Gasteiger partial charge is 0.407 e. The number of hydrogen-bond acceptors (Lipinski definition) is 2. The van der Waals surface area contributed by atoms with E-state index in [0.29, 0.717) is 6.61 Å². The number of carbonyl (C=O) groups excluding carboxylic acids is 1. The van der Waals surface area contributed by atoms with Crippen molar-refractivity contribution in [2.45, 2.75) is 12.5 Å². The van der Waals surface area contributed by atoms with Gasteiger partial charge in [0.25, 0.3) is 0 Å². The number of amides is 1. The van der Waals surface area contributed by atoms with Crippen molar-refractivity contribution in [2.24, 2.45) is 0 Å². The van der Waals surface area contributed by atoms with Crippen LogP contribution in [0.25, 0.3) is 0 Å². The lowest BCUT2D eigenvalue weighted by Gasteiger charge is -2.22. The SMILES string of the molecule is C[NH+](C)CC1(C)COC(=O)N1. The van der Waals surface area contributed by atoms with Crippen molar-refractivity contribution in [3.63, 3.8) is 0 Å². The highest BCUT2D eigenvalue weighted by molar-refractivity contribution is 5.70. The summed E-state index contributed by atoms with van der Waals surface area (Å²) >= 11 is 0. The highest BCUT2D eigenvalue weighted by atomic mass is 16.6. The van der Waals surface area contributed by atoms with Gasteiger partial charge in [0.2, 0.25) is 0 Å². The Morgan fingerprint density at radius 1 is 1.73 bits per heavy atom. The minimum atomic E-state index is -0.297. The van der Waals surface area contributed by atoms with E-state index >= 15 is 0 Å². The number of ether oxygens (including phenoxy) is 1. The molecule has 2 N–H and O–H groups in total. The normalized spacial score (nSPS) is 30.4. The fourth-order valence-electron chi connectivity index (χ4n) is 1.42. The van der Waals surface area contributed by atoms with Gasteiger partial charge in [-0.1, -0.05) is 0 Å². The second kappa shape index (κ2) is 2.70. The molecule has 0 saturated carbocycles. The third-order valence-corrected chi connectivity index (χ3v) is 1.67. The second-order valence-corrected chi connectivity index (χ2v) is 3.65. The van der Waals surface area contributed by atoms with Gasteiger partial charge in [-0.15, -0.1) is 0 Å². The summed E-state index contributed by atoms with van der Waals surface area (Å²) in [6, 6.07) is 0. The van der Waals surface area contributed by atoms with Crippen LogP contribution in [0.1, 0.15) is 6.92 Å². The van der Waals surface area contributed by atoms with Crippen LogP contribution in [0, 0.1) is 0 Å². The van der Waals surface area contributed by atoms with E-state index in [0.717, 1.165) is 6.54 Å². The van der Waals surface area contributed by atoms with Crippen molar-refractivity contribution in [1.82, 2.24) is 5.32 Å². The van der Waals surface area contributed by atoms with E-state index in [4.69, 9.17) is 4.74 Å². The predicted molar refractivity (Wildman–Crippen MR) is 40.6 cm³/mol. The lowest BCUT2D eigenvalue weighted by Crippen LogP contribution is -3.08. The largest absolute Gasteiger partial charge is 0.447 e. The first-order valence-corrected chi connectivity index (χ1v) is 3.76. The van der Waals surface area contributed by atoms with Gasteiger partial charge in [0, 0.05) is 0 Å². The quantitative estimate of drug-likeness (QED) is 0.522. The Bertz CT molecular complexity index is 170. The minimum absolute atomic E-state index is 0.171. The molecule has 0 radical (unpaired) electrons. The summed E-state index contributed by atoms with van der Waals surface area (Å²) in [4.78, 5) is 12.0. The maximum atomic E-state index is 10.7. The molecule has 0 spiro atoms. The van der Waals surface area contributed by atoms with Gasteiger partial charge >= 0.3 is 6.09 Å². The van der Waals surface area contributed by atoms with Crippen molar-refractivity contribution < 1.29 is 14.4 Å². The lowest BCUT2D eigenvalue weighted by atomic mass is 10.1. The molecule has 1 unspecified atom stereocenters. The summed E-state index contributed by atoms with van der Waals surface area (Å²) in [5.41, 5.74) is -0.171. The molecule has 64 valence electrons. The zero-order valence-electron chi connectivity index (χ0n) is 7.23. The summed E-state index contributed by atoms with van der Waals surface area (Å²) in [6.07, 6.45) is -0.297. The summed E-state index contributed by atoms with van der Waals surface area (Å²) < 4.78 is 4.81. The number of quaternary nitrogens is 1. The molecule has 0 aromatic heterocycles. The van der Waals surface area contributed by atoms with Crippen molar-refractivity contribution in [1.29, 1.82) is 0 Å². The van der Waals surface area contributed by atoms with Crippen LogP contribution < -0.4 is 10.2 Å². The second-order valence-electron chi connectivity index (χ2n) is 3.65. The van der Waals surface area contributed by atoms with Crippen LogP contribution in [-0.2, 0) is 4.74 Å². The Hall–Kier alpha value is -0.770. The van der Waals surface area contributed by atoms with Crippen LogP contribution in [0.4, 0.5) is 4.79 Å². The van der Waals surface area contributed by atoms with Crippen LogP contribution in [-0.4, -0.2) is 38.9 Å². The van der Waals surface area contributed by atoms with Crippen LogP contribution >= 0.6 is 0 Å². The molecule has 1 saturated heterocycles. The van der Waals surface area contributed by atoms with Crippen molar-refractivity contribution >= 4 is 6.09 Å². The van der Waals surface area contributed by atoms with Gasteiger partial charge in [0.15, 0.2) is 0 Å². The standard InChI is InChI=1S/C7H14N2O2/c1-7(4-9(2)3)5-11-6(10)8-7/h4-5H2,1-3H3,(H,8,10)/p+1. The highest BCUT2D eigenvalue weighted by Gasteiger charge is 2.37. The van der Waals surface area contributed by atoms with E-state index in [2.05, 4.69) is 19.4 Å². The number of alkyl carbamates (subject to hydrolysis) is 1. The Balaban J connectivity index is 2.48. The Morgan fingerprint density at radius 2 is 2.36 bits per heavy atom. The molecule has 4 heteroatoms. The molecule has 1 aliphatic rings. The van der Waals surface area contributed by atoms with Gasteiger partial charge < -0.3 is 15.0 Å². The average molecular weight is 159 g/mol. The Kier molecular flexibility index (Phi) is 2.04. The van der Waals surface area contributed by atoms with Gasteiger partial charge in [0.1, 0.15) is 18.7 Å². The summed E-state index contributed by atoms with van der Waals surface area (Å²) in [6.45, 7) is 3.36. The van der Waals surface area contributed by atoms with Crippen molar-refractivity contribution in [2.75, 3.05) is 27.2 Å². The van der Waals surface area contributed by atoms with E-state index in [1.165, 1.54) is 4.90 Å². The van der Waals surface area contributed by atoms with Gasteiger partial charge in [-0.3, -0.25) is 0 Å². The third-order valence-electron chi connectivity index (χ3n) is 1.67. The predicted octanol–water partition coefficient (Wildman–Crippen LogP) is -1.37. The van der Waals surface area contributed by atoms with Gasteiger partial charge in [-0.25, -0.2) is 4.79 Å². The van der Waals surface area contributed by atoms with Crippen LogP contribution in [0.3, 0.4) is 0 Å². The van der Waals surface area contributed by atoms with E-state index in [-0.39, 0.29) is 11.6 Å². The number of cyclic esters (lactones) is 1. The fourth-order valence-corrected chi connectivity index (χ4v) is 1.42. The van der Waals surface area contributed by atoms with Crippen molar-refractivity contribution in [3.05, 3.63) is 0 Å². The van der Waals surface area contributed by atoms with Gasteiger partial charge in [-0.2, -0.15) is 0 Å². The molecule has 1 fully saturated rings. The number of carbonyl (C=O) groups is 1. The van der Waals surface area contributed by atoms with Crippen molar-refractivity contribution in [3.8, 4) is 0 Å². The molecular formula is C7H15N2O2+. The molecular weight excluding hydrogens is 144 g/mol. The monoisotopic (exact) mass is 159 g/mol. The van der Waals surface area contributed by atoms with E-state index in [1.807, 2.05) is 6.92 Å². The maximum Gasteiger partial charge on any atom is 0.407 e. The molecule has 0 bridgehead atoms. The Labute approximate surface area is 66.5 Å². The van der Waals surface area contributed by atoms with Gasteiger partial charge in [0.05, 0.1) is 14.1 Å². The van der Waals surface area contributed by atoms with E-state index in [9.17, 15) is 4.79 Å². The molecule has 1 heterocycles. The zero-order valence-corrected chi connectivity index (χ0v) is 7.23. The first-order valence-electron chi connectivity index (χ1n) is 3.76. The molecule has 0 aromatic carbocycles. The molecule has 1 amide bonds. The molecule has 4 nitrogen and oxygen atoms in total. The van der Waals surface area contributed by atoms with Gasteiger partial charge in [-0.05, 0) is 6.92 Å². The summed E-state index contributed by atoms with van der Waals surface area (Å²) in [5.74, 6) is 0. The lowest BCUT2D eigenvalue weighted by molar-refractivity contribution is -0.862. The molecule has 1 atom stereocenters. The molecule has 1 aliphatic heterocycles. The number of rotatable bonds is 2. The molecule has 1 rings (SSSR count). The first-order chi connectivity index (χ1) is 5.02. The van der Waals surface area contributed by atoms with E-state index < -0.39 is 0 Å². The minimum Gasteiger partial charge on any atom is -0.447 e. The number of nitrogens with one attached hydrogen (secondary N) is 2. The maximum absolute atomic E-state index is 10.7. The molecule has 0 aromatic rings. The fraction of sp³-hybridized carbons (Fsp3) is 0.857. The van der Waals surface area contributed by atoms with Crippen LogP contribution in [0.15, 0.2) is 0 Å². The Morgan fingerprint density at radius 3 is 2.73 bits per heavy atom. The first kappa shape index (κ1) is 8.33. The van der Waals surface area contributed by atoms with Crippen LogP contribution in [0.5, 0.6) is 0 Å². The summed E-state index contributed by atoms with van der Waals surface area (Å²) in [7, 11) is 4.10. The molecule has 0 aliphatic carbocycles.